The van der Waals surface area contributed by atoms with Gasteiger partial charge in [0.25, 0.3) is 0 Å². The molecule has 0 unspecified atom stereocenters. The topological polar surface area (TPSA) is 70.5 Å². The fraction of sp³-hybridized carbons (Fsp3) is 0.733. The van der Waals surface area contributed by atoms with Crippen LogP contribution in [0.5, 0.6) is 0 Å². The van der Waals surface area contributed by atoms with Gasteiger partial charge in [0, 0.05) is 38.2 Å². The number of β-amino-alcohol motifs (C(OH)–C–C–N with tert-alkyl or cyclic N) is 1. The van der Waals surface area contributed by atoms with Crippen molar-refractivity contribution in [2.75, 3.05) is 44.7 Å². The number of anilines is 1. The van der Waals surface area contributed by atoms with Gasteiger partial charge in [0.2, 0.25) is 0 Å². The highest BCUT2D eigenvalue weighted by Crippen LogP contribution is 2.38. The van der Waals surface area contributed by atoms with Crippen molar-refractivity contribution < 1.29 is 9.84 Å². The molecule has 1 aliphatic carbocycles. The summed E-state index contributed by atoms with van der Waals surface area (Å²) in [6.45, 7) is 6.05. The third-order valence-electron chi connectivity index (χ3n) is 3.97. The second kappa shape index (κ2) is 6.66. The largest absolute Gasteiger partial charge is 0.387 e. The van der Waals surface area contributed by atoms with Crippen molar-refractivity contribution in [2.24, 2.45) is 0 Å². The Kier molecular flexibility index (Phi) is 4.82. The number of ether oxygens (including phenoxy) is 1. The van der Waals surface area contributed by atoms with Crippen LogP contribution in [0.3, 0.4) is 0 Å². The van der Waals surface area contributed by atoms with Crippen molar-refractivity contribution in [2.45, 2.75) is 31.3 Å². The fourth-order valence-corrected chi connectivity index (χ4v) is 2.82. The van der Waals surface area contributed by atoms with Crippen LogP contribution in [0.2, 0.25) is 5.15 Å². The maximum absolute atomic E-state index is 10.6. The van der Waals surface area contributed by atoms with Crippen molar-refractivity contribution in [3.05, 3.63) is 17.0 Å². The van der Waals surface area contributed by atoms with Crippen molar-refractivity contribution >= 4 is 17.4 Å². The van der Waals surface area contributed by atoms with Gasteiger partial charge in [0.05, 0.1) is 18.8 Å². The molecule has 0 aromatic carbocycles. The number of nitrogens with one attached hydrogen (secondary N) is 1. The van der Waals surface area contributed by atoms with Gasteiger partial charge in [-0.05, 0) is 19.8 Å². The Hall–Kier alpha value is -0.950. The number of hydrogen-bond acceptors (Lipinski definition) is 6. The first kappa shape index (κ1) is 15.9. The number of morpholine rings is 1. The lowest BCUT2D eigenvalue weighted by Crippen LogP contribution is -2.49. The molecule has 7 heteroatoms. The number of rotatable bonds is 6. The standard InChI is InChI=1S/C15H23ClN4O2/c1-15(21,10-20-4-6-22-7-5-20)9-17-13-8-12(16)18-14(19-13)11-2-3-11/h8,11,21H,2-7,9-10H2,1H3,(H,17,18,19)/t15-/m0/s1. The first-order valence-electron chi connectivity index (χ1n) is 7.83. The molecule has 3 rings (SSSR count). The Morgan fingerprint density at radius 1 is 1.41 bits per heavy atom. The first-order valence-corrected chi connectivity index (χ1v) is 8.20. The highest BCUT2D eigenvalue weighted by atomic mass is 35.5. The quantitative estimate of drug-likeness (QED) is 0.772. The second-order valence-electron chi connectivity index (χ2n) is 6.45. The van der Waals surface area contributed by atoms with Crippen LogP contribution in [-0.2, 0) is 4.74 Å². The zero-order chi connectivity index (χ0) is 15.6. The number of nitrogens with zero attached hydrogens (tertiary/aromatic N) is 3. The lowest BCUT2D eigenvalue weighted by atomic mass is 10.1. The summed E-state index contributed by atoms with van der Waals surface area (Å²) >= 11 is 6.05. The van der Waals surface area contributed by atoms with Gasteiger partial charge in [0.15, 0.2) is 0 Å². The summed E-state index contributed by atoms with van der Waals surface area (Å²) in [4.78, 5) is 11.0. The predicted octanol–water partition coefficient (Wildman–Crippen LogP) is 1.50. The molecule has 22 heavy (non-hydrogen) atoms. The maximum Gasteiger partial charge on any atom is 0.135 e. The van der Waals surface area contributed by atoms with E-state index in [2.05, 4.69) is 20.2 Å². The molecular formula is C15H23ClN4O2. The molecule has 0 spiro atoms. The van der Waals surface area contributed by atoms with Crippen LogP contribution < -0.4 is 5.32 Å². The van der Waals surface area contributed by atoms with Crippen molar-refractivity contribution in [1.82, 2.24) is 14.9 Å². The lowest BCUT2D eigenvalue weighted by molar-refractivity contribution is -0.0164. The average molecular weight is 327 g/mol. The predicted molar refractivity (Wildman–Crippen MR) is 85.4 cm³/mol. The molecule has 122 valence electrons. The van der Waals surface area contributed by atoms with Gasteiger partial charge in [-0.2, -0.15) is 0 Å². The summed E-state index contributed by atoms with van der Waals surface area (Å²) in [5, 5.41) is 14.2. The Morgan fingerprint density at radius 2 is 2.14 bits per heavy atom. The summed E-state index contributed by atoms with van der Waals surface area (Å²) < 4.78 is 5.33. The molecule has 1 saturated heterocycles. The van der Waals surface area contributed by atoms with Crippen LogP contribution in [0.15, 0.2) is 6.07 Å². The number of halogens is 1. The summed E-state index contributed by atoms with van der Waals surface area (Å²) in [5.74, 6) is 1.94. The van der Waals surface area contributed by atoms with Crippen LogP contribution in [0.4, 0.5) is 5.82 Å². The number of aromatic nitrogens is 2. The van der Waals surface area contributed by atoms with E-state index in [-0.39, 0.29) is 0 Å². The molecule has 1 aromatic heterocycles. The fourth-order valence-electron chi connectivity index (χ4n) is 2.63. The van der Waals surface area contributed by atoms with Gasteiger partial charge in [-0.25, -0.2) is 9.97 Å². The van der Waals surface area contributed by atoms with Gasteiger partial charge in [-0.3, -0.25) is 4.90 Å². The molecule has 1 aromatic rings. The zero-order valence-corrected chi connectivity index (χ0v) is 13.6. The first-order chi connectivity index (χ1) is 10.5. The summed E-state index contributed by atoms with van der Waals surface area (Å²) in [7, 11) is 0. The van der Waals surface area contributed by atoms with E-state index in [1.54, 1.807) is 6.07 Å². The molecule has 0 bridgehead atoms. The smallest absolute Gasteiger partial charge is 0.135 e. The molecule has 2 N–H and O–H groups in total. The molecular weight excluding hydrogens is 304 g/mol. The molecule has 1 atom stereocenters. The summed E-state index contributed by atoms with van der Waals surface area (Å²) in [5.41, 5.74) is -0.839. The van der Waals surface area contributed by atoms with E-state index in [9.17, 15) is 5.11 Å². The molecule has 1 aliphatic heterocycles. The van der Waals surface area contributed by atoms with Crippen molar-refractivity contribution in [3.8, 4) is 0 Å². The van der Waals surface area contributed by atoms with E-state index in [0.717, 1.165) is 45.0 Å². The highest BCUT2D eigenvalue weighted by Gasteiger charge is 2.28. The molecule has 2 heterocycles. The SMILES string of the molecule is C[C@](O)(CNc1cc(Cl)nc(C2CC2)n1)CN1CCOCC1. The van der Waals surface area contributed by atoms with Gasteiger partial charge in [-0.15, -0.1) is 0 Å². The minimum absolute atomic E-state index is 0.418. The molecule has 6 nitrogen and oxygen atoms in total. The second-order valence-corrected chi connectivity index (χ2v) is 6.83. The van der Waals surface area contributed by atoms with Gasteiger partial charge in [-0.1, -0.05) is 11.6 Å². The molecule has 1 saturated carbocycles. The van der Waals surface area contributed by atoms with E-state index in [4.69, 9.17) is 16.3 Å². The zero-order valence-electron chi connectivity index (χ0n) is 12.9. The molecule has 2 aliphatic rings. The van der Waals surface area contributed by atoms with Crippen molar-refractivity contribution in [3.63, 3.8) is 0 Å². The van der Waals surface area contributed by atoms with E-state index >= 15 is 0 Å². The van der Waals surface area contributed by atoms with E-state index in [1.165, 1.54) is 0 Å². The van der Waals surface area contributed by atoms with Crippen LogP contribution >= 0.6 is 11.6 Å². The van der Waals surface area contributed by atoms with Gasteiger partial charge in [0.1, 0.15) is 16.8 Å². The van der Waals surface area contributed by atoms with E-state index in [1.807, 2.05) is 6.92 Å². The Bertz CT molecular complexity index is 516. The monoisotopic (exact) mass is 326 g/mol. The van der Waals surface area contributed by atoms with Gasteiger partial charge < -0.3 is 15.2 Å². The van der Waals surface area contributed by atoms with Gasteiger partial charge >= 0.3 is 0 Å². The third kappa shape index (κ3) is 4.52. The molecule has 0 radical (unpaired) electrons. The number of aliphatic hydroxyl groups is 1. The van der Waals surface area contributed by atoms with E-state index < -0.39 is 5.60 Å². The number of hydrogen-bond donors (Lipinski definition) is 2. The lowest BCUT2D eigenvalue weighted by Gasteiger charge is -2.34. The molecule has 0 amide bonds. The Morgan fingerprint density at radius 3 is 2.82 bits per heavy atom. The van der Waals surface area contributed by atoms with Crippen LogP contribution in [0.25, 0.3) is 0 Å². The normalized spacial score (nSPS) is 22.3. The maximum atomic E-state index is 10.6. The Labute approximate surface area is 135 Å². The molecule has 2 fully saturated rings. The minimum atomic E-state index is -0.839. The minimum Gasteiger partial charge on any atom is -0.387 e. The highest BCUT2D eigenvalue weighted by molar-refractivity contribution is 6.29. The van der Waals surface area contributed by atoms with Crippen LogP contribution in [0, 0.1) is 0 Å². The Balaban J connectivity index is 1.56. The average Bonchev–Trinajstić information content (AvgIpc) is 3.30. The summed E-state index contributed by atoms with van der Waals surface area (Å²) in [6, 6.07) is 1.71. The van der Waals surface area contributed by atoms with Crippen molar-refractivity contribution in [1.29, 1.82) is 0 Å². The third-order valence-corrected chi connectivity index (χ3v) is 4.17. The summed E-state index contributed by atoms with van der Waals surface area (Å²) in [6.07, 6.45) is 2.27. The van der Waals surface area contributed by atoms with Crippen LogP contribution in [-0.4, -0.2) is 65.0 Å². The van der Waals surface area contributed by atoms with E-state index in [0.29, 0.717) is 30.0 Å². The van der Waals surface area contributed by atoms with Crippen LogP contribution in [0.1, 0.15) is 31.5 Å².